The molecule has 2 heterocycles. The Morgan fingerprint density at radius 2 is 2.05 bits per heavy atom. The number of rotatable bonds is 3. The van der Waals surface area contributed by atoms with E-state index in [1.54, 1.807) is 0 Å². The molecule has 2 aromatic carbocycles. The number of aromatic nitrogens is 1. The van der Waals surface area contributed by atoms with Gasteiger partial charge in [0.25, 0.3) is 0 Å². The maximum Gasteiger partial charge on any atom is 0.199 e. The summed E-state index contributed by atoms with van der Waals surface area (Å²) in [5.74, 6) is 1.21. The molecule has 0 spiro atoms. The summed E-state index contributed by atoms with van der Waals surface area (Å²) in [5.41, 5.74) is 3.03. The fraction of sp³-hybridized carbons (Fsp3) is 0.278. The number of oxazole rings is 1. The first-order chi connectivity index (χ1) is 10.8. The van der Waals surface area contributed by atoms with Crippen molar-refractivity contribution in [2.75, 3.05) is 13.1 Å². The van der Waals surface area contributed by atoms with Gasteiger partial charge in [0.2, 0.25) is 0 Å². The zero-order valence-electron chi connectivity index (χ0n) is 12.2. The maximum absolute atomic E-state index is 6.01. The van der Waals surface area contributed by atoms with Crippen LogP contribution in [0, 0.1) is 0 Å². The van der Waals surface area contributed by atoms with Crippen LogP contribution in [0.3, 0.4) is 0 Å². The van der Waals surface area contributed by atoms with Gasteiger partial charge in [0.15, 0.2) is 11.5 Å². The molecule has 4 rings (SSSR count). The Labute approximate surface area is 134 Å². The number of fused-ring (bicyclic) bond motifs is 1. The molecular formula is C18H17ClN2O. The molecule has 0 unspecified atom stereocenters. The van der Waals surface area contributed by atoms with Crippen molar-refractivity contribution in [2.45, 2.75) is 18.9 Å². The van der Waals surface area contributed by atoms with E-state index in [0.717, 1.165) is 43.0 Å². The van der Waals surface area contributed by atoms with Gasteiger partial charge < -0.3 is 4.42 Å². The lowest BCUT2D eigenvalue weighted by Crippen LogP contribution is -2.19. The van der Waals surface area contributed by atoms with E-state index in [2.05, 4.69) is 40.2 Å². The number of benzene rings is 2. The van der Waals surface area contributed by atoms with Crippen molar-refractivity contribution in [1.29, 1.82) is 0 Å². The van der Waals surface area contributed by atoms with E-state index in [1.165, 1.54) is 5.56 Å². The summed E-state index contributed by atoms with van der Waals surface area (Å²) >= 11 is 6.01. The molecule has 112 valence electrons. The van der Waals surface area contributed by atoms with Gasteiger partial charge in [-0.05, 0) is 36.7 Å². The van der Waals surface area contributed by atoms with Crippen molar-refractivity contribution in [1.82, 2.24) is 9.88 Å². The zero-order valence-corrected chi connectivity index (χ0v) is 13.0. The van der Waals surface area contributed by atoms with Crippen LogP contribution in [0.2, 0.25) is 5.02 Å². The van der Waals surface area contributed by atoms with Crippen LogP contribution in [0.5, 0.6) is 0 Å². The first-order valence-corrected chi connectivity index (χ1v) is 7.98. The largest absolute Gasteiger partial charge is 0.440 e. The second-order valence-corrected chi connectivity index (χ2v) is 6.31. The minimum absolute atomic E-state index is 0.370. The second-order valence-electron chi connectivity index (χ2n) is 5.87. The Balaban J connectivity index is 1.49. The second kappa shape index (κ2) is 5.75. The van der Waals surface area contributed by atoms with Gasteiger partial charge in [-0.25, -0.2) is 4.98 Å². The van der Waals surface area contributed by atoms with Gasteiger partial charge in [-0.2, -0.15) is 0 Å². The van der Waals surface area contributed by atoms with E-state index >= 15 is 0 Å². The third-order valence-corrected chi connectivity index (χ3v) is 4.47. The Hall–Kier alpha value is -1.84. The molecule has 3 nitrogen and oxygen atoms in total. The monoisotopic (exact) mass is 312 g/mol. The quantitative estimate of drug-likeness (QED) is 0.714. The van der Waals surface area contributed by atoms with Crippen LogP contribution in [0.15, 0.2) is 52.9 Å². The van der Waals surface area contributed by atoms with Crippen LogP contribution < -0.4 is 0 Å². The highest BCUT2D eigenvalue weighted by Gasteiger charge is 2.27. The van der Waals surface area contributed by atoms with E-state index in [9.17, 15) is 0 Å². The van der Waals surface area contributed by atoms with Crippen molar-refractivity contribution >= 4 is 22.7 Å². The first-order valence-electron chi connectivity index (χ1n) is 7.60. The minimum atomic E-state index is 0.370. The van der Waals surface area contributed by atoms with Crippen LogP contribution in [-0.2, 0) is 6.54 Å². The van der Waals surface area contributed by atoms with Crippen molar-refractivity contribution in [2.24, 2.45) is 0 Å². The average Bonchev–Trinajstić information content (AvgIpc) is 3.14. The fourth-order valence-corrected chi connectivity index (χ4v) is 3.28. The summed E-state index contributed by atoms with van der Waals surface area (Å²) in [5, 5.41) is 0.699. The van der Waals surface area contributed by atoms with Crippen molar-refractivity contribution < 1.29 is 4.42 Å². The van der Waals surface area contributed by atoms with Crippen LogP contribution in [0.4, 0.5) is 0 Å². The fourth-order valence-electron chi connectivity index (χ4n) is 3.11. The van der Waals surface area contributed by atoms with Gasteiger partial charge in [0.05, 0.1) is 0 Å². The van der Waals surface area contributed by atoms with Crippen molar-refractivity contribution in [3.8, 4) is 0 Å². The maximum atomic E-state index is 6.01. The number of hydrogen-bond donors (Lipinski definition) is 0. The first kappa shape index (κ1) is 13.8. The zero-order chi connectivity index (χ0) is 14.9. The summed E-state index contributed by atoms with van der Waals surface area (Å²) in [7, 11) is 0. The van der Waals surface area contributed by atoms with Gasteiger partial charge in [-0.3, -0.25) is 4.90 Å². The van der Waals surface area contributed by atoms with E-state index in [-0.39, 0.29) is 0 Å². The molecule has 1 aliphatic heterocycles. The lowest BCUT2D eigenvalue weighted by molar-refractivity contribution is 0.321. The van der Waals surface area contributed by atoms with Gasteiger partial charge in [0, 0.05) is 24.0 Å². The van der Waals surface area contributed by atoms with Crippen LogP contribution in [0.25, 0.3) is 11.1 Å². The molecule has 0 bridgehead atoms. The molecule has 0 radical (unpaired) electrons. The van der Waals surface area contributed by atoms with Crippen LogP contribution in [0.1, 0.15) is 23.8 Å². The van der Waals surface area contributed by atoms with Crippen LogP contribution in [-0.4, -0.2) is 23.0 Å². The van der Waals surface area contributed by atoms with E-state index in [4.69, 9.17) is 16.0 Å². The third-order valence-electron chi connectivity index (χ3n) is 4.24. The lowest BCUT2D eigenvalue weighted by atomic mass is 10.1. The normalized spacial score (nSPS) is 19.0. The molecule has 1 saturated heterocycles. The highest BCUT2D eigenvalue weighted by atomic mass is 35.5. The lowest BCUT2D eigenvalue weighted by Gasteiger charge is -2.15. The molecule has 1 atom stereocenters. The molecule has 4 heteroatoms. The molecule has 1 aliphatic rings. The third kappa shape index (κ3) is 2.74. The summed E-state index contributed by atoms with van der Waals surface area (Å²) in [6.07, 6.45) is 1.09. The summed E-state index contributed by atoms with van der Waals surface area (Å²) < 4.78 is 5.91. The van der Waals surface area contributed by atoms with Gasteiger partial charge in [0.1, 0.15) is 5.52 Å². The highest BCUT2D eigenvalue weighted by Crippen LogP contribution is 2.30. The Bertz CT molecular complexity index is 784. The van der Waals surface area contributed by atoms with Crippen LogP contribution >= 0.6 is 11.6 Å². The Morgan fingerprint density at radius 3 is 2.91 bits per heavy atom. The highest BCUT2D eigenvalue weighted by molar-refractivity contribution is 6.31. The molecule has 0 saturated carbocycles. The predicted octanol–water partition coefficient (Wildman–Crippen LogP) is 4.47. The number of halogens is 1. The summed E-state index contributed by atoms with van der Waals surface area (Å²) in [4.78, 5) is 7.08. The van der Waals surface area contributed by atoms with E-state index in [0.29, 0.717) is 10.9 Å². The van der Waals surface area contributed by atoms with E-state index in [1.807, 2.05) is 18.2 Å². The Morgan fingerprint density at radius 1 is 1.18 bits per heavy atom. The SMILES string of the molecule is Clc1ccc2oc([C@H]3CCN(Cc4ccccc4)C3)nc2c1. The van der Waals surface area contributed by atoms with E-state index < -0.39 is 0 Å². The molecule has 1 aromatic heterocycles. The predicted molar refractivity (Wildman–Crippen MR) is 88.1 cm³/mol. The minimum Gasteiger partial charge on any atom is -0.440 e. The summed E-state index contributed by atoms with van der Waals surface area (Å²) in [6, 6.07) is 16.2. The molecule has 0 amide bonds. The molecule has 22 heavy (non-hydrogen) atoms. The van der Waals surface area contributed by atoms with Crippen molar-refractivity contribution in [3.63, 3.8) is 0 Å². The molecule has 1 fully saturated rings. The van der Waals surface area contributed by atoms with Gasteiger partial charge >= 0.3 is 0 Å². The number of nitrogens with zero attached hydrogens (tertiary/aromatic N) is 2. The molecule has 3 aromatic rings. The molecular weight excluding hydrogens is 296 g/mol. The van der Waals surface area contributed by atoms with Crippen molar-refractivity contribution in [3.05, 3.63) is 65.0 Å². The number of hydrogen-bond acceptors (Lipinski definition) is 3. The van der Waals surface area contributed by atoms with Gasteiger partial charge in [-0.15, -0.1) is 0 Å². The average molecular weight is 313 g/mol. The smallest absolute Gasteiger partial charge is 0.199 e. The molecule has 0 aliphatic carbocycles. The standard InChI is InChI=1S/C18H17ClN2O/c19-15-6-7-17-16(10-15)20-18(22-17)14-8-9-21(12-14)11-13-4-2-1-3-5-13/h1-7,10,14H,8-9,11-12H2/t14-/m0/s1. The number of likely N-dealkylation sites (tertiary alicyclic amines) is 1. The summed E-state index contributed by atoms with van der Waals surface area (Å²) in [6.45, 7) is 3.07. The Kier molecular flexibility index (Phi) is 3.60. The topological polar surface area (TPSA) is 29.3 Å². The molecule has 0 N–H and O–H groups in total. The van der Waals surface area contributed by atoms with Gasteiger partial charge in [-0.1, -0.05) is 41.9 Å².